The van der Waals surface area contributed by atoms with E-state index < -0.39 is 0 Å². The summed E-state index contributed by atoms with van der Waals surface area (Å²) in [5.41, 5.74) is 0. The molecule has 0 unspecified atom stereocenters. The van der Waals surface area contributed by atoms with Crippen molar-refractivity contribution in [3.05, 3.63) is 12.2 Å². The maximum absolute atomic E-state index is 3.01. The minimum atomic E-state index is 0.960. The second-order valence-electron chi connectivity index (χ2n) is 1.59. The third-order valence-electron chi connectivity index (χ3n) is 0.811. The summed E-state index contributed by atoms with van der Waals surface area (Å²) in [4.78, 5) is 0. The van der Waals surface area contributed by atoms with Gasteiger partial charge in [0, 0.05) is 13.1 Å². The Kier molecular flexibility index (Phi) is 6.38. The van der Waals surface area contributed by atoms with E-state index in [9.17, 15) is 0 Å². The maximum atomic E-state index is 3.01. The van der Waals surface area contributed by atoms with E-state index in [-0.39, 0.29) is 0 Å². The first-order valence-corrected chi connectivity index (χ1v) is 2.86. The first kappa shape index (κ1) is 7.66. The molecule has 8 heavy (non-hydrogen) atoms. The molecule has 0 aliphatic heterocycles. The Balaban J connectivity index is 2.83. The van der Waals surface area contributed by atoms with Gasteiger partial charge >= 0.3 is 0 Å². The van der Waals surface area contributed by atoms with E-state index >= 15 is 0 Å². The van der Waals surface area contributed by atoms with Crippen LogP contribution in [0.25, 0.3) is 0 Å². The molecule has 0 atom stereocenters. The molecule has 0 saturated heterocycles. The Morgan fingerprint density at radius 3 is 1.62 bits per heavy atom. The van der Waals surface area contributed by atoms with E-state index in [4.69, 9.17) is 0 Å². The molecule has 0 aromatic heterocycles. The molecular formula is C6H14N2. The zero-order chi connectivity index (χ0) is 6.24. The summed E-state index contributed by atoms with van der Waals surface area (Å²) in [6.07, 6.45) is 4.19. The van der Waals surface area contributed by atoms with Crippen LogP contribution in [0.4, 0.5) is 0 Å². The fraction of sp³-hybridized carbons (Fsp3) is 0.667. The van der Waals surface area contributed by atoms with Gasteiger partial charge in [-0.15, -0.1) is 0 Å². The van der Waals surface area contributed by atoms with Gasteiger partial charge < -0.3 is 10.6 Å². The second-order valence-corrected chi connectivity index (χ2v) is 1.59. The SMILES string of the molecule is CNC/C=C\CNC. The lowest BCUT2D eigenvalue weighted by atomic mass is 10.5. The first-order valence-electron chi connectivity index (χ1n) is 2.86. The number of nitrogens with one attached hydrogen (secondary N) is 2. The van der Waals surface area contributed by atoms with E-state index in [1.807, 2.05) is 14.1 Å². The van der Waals surface area contributed by atoms with Crippen LogP contribution in [-0.2, 0) is 0 Å². The summed E-state index contributed by atoms with van der Waals surface area (Å²) >= 11 is 0. The minimum Gasteiger partial charge on any atom is -0.316 e. The smallest absolute Gasteiger partial charge is 0.0132 e. The molecule has 0 radical (unpaired) electrons. The average molecular weight is 114 g/mol. The molecule has 0 fully saturated rings. The molecule has 0 aromatic carbocycles. The number of hydrogen-bond donors (Lipinski definition) is 2. The lowest BCUT2D eigenvalue weighted by Gasteiger charge is -1.88. The largest absolute Gasteiger partial charge is 0.316 e. The molecule has 2 N–H and O–H groups in total. The Hall–Kier alpha value is -0.340. The van der Waals surface area contributed by atoms with Gasteiger partial charge in [-0.05, 0) is 14.1 Å². The molecule has 0 saturated carbocycles. The molecule has 0 aliphatic rings. The number of rotatable bonds is 4. The first-order chi connectivity index (χ1) is 3.91. The Morgan fingerprint density at radius 1 is 1.00 bits per heavy atom. The van der Waals surface area contributed by atoms with Crippen molar-refractivity contribution in [3.63, 3.8) is 0 Å². The second kappa shape index (κ2) is 6.66. The van der Waals surface area contributed by atoms with Gasteiger partial charge in [0.05, 0.1) is 0 Å². The topological polar surface area (TPSA) is 24.1 Å². The molecule has 0 aliphatic carbocycles. The van der Waals surface area contributed by atoms with E-state index in [1.54, 1.807) is 0 Å². The van der Waals surface area contributed by atoms with Crippen molar-refractivity contribution in [3.8, 4) is 0 Å². The van der Waals surface area contributed by atoms with Gasteiger partial charge in [0.25, 0.3) is 0 Å². The van der Waals surface area contributed by atoms with Crippen molar-refractivity contribution >= 4 is 0 Å². The maximum Gasteiger partial charge on any atom is 0.0132 e. The van der Waals surface area contributed by atoms with Crippen molar-refractivity contribution in [1.82, 2.24) is 10.6 Å². The Bertz CT molecular complexity index is 51.5. The van der Waals surface area contributed by atoms with Gasteiger partial charge in [0.15, 0.2) is 0 Å². The van der Waals surface area contributed by atoms with Gasteiger partial charge in [-0.2, -0.15) is 0 Å². The predicted molar refractivity (Wildman–Crippen MR) is 37.0 cm³/mol. The van der Waals surface area contributed by atoms with Gasteiger partial charge in [-0.3, -0.25) is 0 Å². The van der Waals surface area contributed by atoms with Crippen LogP contribution in [0.2, 0.25) is 0 Å². The fourth-order valence-electron chi connectivity index (χ4n) is 0.402. The van der Waals surface area contributed by atoms with Gasteiger partial charge in [-0.1, -0.05) is 12.2 Å². The van der Waals surface area contributed by atoms with Gasteiger partial charge in [0.2, 0.25) is 0 Å². The third kappa shape index (κ3) is 5.66. The zero-order valence-electron chi connectivity index (χ0n) is 5.57. The molecule has 2 heteroatoms. The van der Waals surface area contributed by atoms with E-state index in [1.165, 1.54) is 0 Å². The molecule has 0 aromatic rings. The van der Waals surface area contributed by atoms with Crippen LogP contribution in [-0.4, -0.2) is 27.2 Å². The summed E-state index contributed by atoms with van der Waals surface area (Å²) in [5.74, 6) is 0. The Labute approximate surface area is 51.0 Å². The van der Waals surface area contributed by atoms with Crippen molar-refractivity contribution in [2.75, 3.05) is 27.2 Å². The van der Waals surface area contributed by atoms with Crippen LogP contribution in [0, 0.1) is 0 Å². The molecule has 0 rings (SSSR count). The van der Waals surface area contributed by atoms with Gasteiger partial charge in [-0.25, -0.2) is 0 Å². The number of hydrogen-bond acceptors (Lipinski definition) is 2. The van der Waals surface area contributed by atoms with E-state index in [0.717, 1.165) is 13.1 Å². The fourth-order valence-corrected chi connectivity index (χ4v) is 0.402. The lowest BCUT2D eigenvalue weighted by molar-refractivity contribution is 0.891. The highest BCUT2D eigenvalue weighted by Crippen LogP contribution is 1.64. The summed E-state index contributed by atoms with van der Waals surface area (Å²) in [7, 11) is 3.87. The van der Waals surface area contributed by atoms with Crippen LogP contribution in [0.5, 0.6) is 0 Å². The molecule has 0 amide bonds. The zero-order valence-corrected chi connectivity index (χ0v) is 5.57. The van der Waals surface area contributed by atoms with Crippen LogP contribution in [0.1, 0.15) is 0 Å². The van der Waals surface area contributed by atoms with Gasteiger partial charge in [0.1, 0.15) is 0 Å². The van der Waals surface area contributed by atoms with Crippen LogP contribution in [0.3, 0.4) is 0 Å². The quantitative estimate of drug-likeness (QED) is 0.502. The van der Waals surface area contributed by atoms with E-state index in [2.05, 4.69) is 22.8 Å². The van der Waals surface area contributed by atoms with E-state index in [0.29, 0.717) is 0 Å². The summed E-state index contributed by atoms with van der Waals surface area (Å²) < 4.78 is 0. The molecule has 48 valence electrons. The molecule has 0 heterocycles. The molecule has 2 nitrogen and oxygen atoms in total. The number of likely N-dealkylation sites (N-methyl/N-ethyl adjacent to an activating group) is 2. The predicted octanol–water partition coefficient (Wildman–Crippen LogP) is -0.0186. The summed E-state index contributed by atoms with van der Waals surface area (Å²) in [6, 6.07) is 0. The molecule has 0 bridgehead atoms. The van der Waals surface area contributed by atoms with Crippen molar-refractivity contribution < 1.29 is 0 Å². The lowest BCUT2D eigenvalue weighted by Crippen LogP contribution is -2.07. The molecule has 0 spiro atoms. The van der Waals surface area contributed by atoms with Crippen LogP contribution < -0.4 is 10.6 Å². The van der Waals surface area contributed by atoms with Crippen molar-refractivity contribution in [2.45, 2.75) is 0 Å². The highest BCUT2D eigenvalue weighted by Gasteiger charge is 1.68. The third-order valence-corrected chi connectivity index (χ3v) is 0.811. The summed E-state index contributed by atoms with van der Waals surface area (Å²) in [6.45, 7) is 1.92. The Morgan fingerprint density at radius 2 is 1.38 bits per heavy atom. The van der Waals surface area contributed by atoms with Crippen LogP contribution >= 0.6 is 0 Å². The highest BCUT2D eigenvalue weighted by molar-refractivity contribution is 4.84. The molecular weight excluding hydrogens is 100 g/mol. The van der Waals surface area contributed by atoms with Crippen molar-refractivity contribution in [1.29, 1.82) is 0 Å². The van der Waals surface area contributed by atoms with Crippen LogP contribution in [0.15, 0.2) is 12.2 Å². The highest BCUT2D eigenvalue weighted by atomic mass is 14.8. The van der Waals surface area contributed by atoms with Crippen molar-refractivity contribution in [2.24, 2.45) is 0 Å². The average Bonchev–Trinajstić information content (AvgIpc) is 1.81. The minimum absolute atomic E-state index is 0.960. The standard InChI is InChI=1S/C6H14N2/c1-7-5-3-4-6-8-2/h3-4,7-8H,5-6H2,1-2H3/b4-3-. The normalized spacial score (nSPS) is 10.8. The summed E-state index contributed by atoms with van der Waals surface area (Å²) in [5, 5.41) is 6.02. The monoisotopic (exact) mass is 114 g/mol.